The molecule has 0 saturated heterocycles. The Bertz CT molecular complexity index is 467. The summed E-state index contributed by atoms with van der Waals surface area (Å²) in [5.74, 6) is 2.53. The van der Waals surface area contributed by atoms with Gasteiger partial charge in [0.1, 0.15) is 17.6 Å². The van der Waals surface area contributed by atoms with Gasteiger partial charge < -0.3 is 20.1 Å². The predicted octanol–water partition coefficient (Wildman–Crippen LogP) is 2.57. The third kappa shape index (κ3) is 5.13. The number of hydrogen-bond donors (Lipinski definition) is 2. The first kappa shape index (κ1) is 16.5. The lowest BCUT2D eigenvalue weighted by molar-refractivity contribution is 0.223. The zero-order valence-electron chi connectivity index (χ0n) is 13.8. The molecular formula is C17H27N3O2. The maximum atomic E-state index is 5.88. The molecule has 0 aromatic heterocycles. The van der Waals surface area contributed by atoms with Gasteiger partial charge in [0.05, 0.1) is 13.7 Å². The number of ether oxygens (including phenoxy) is 2. The monoisotopic (exact) mass is 305 g/mol. The molecule has 0 amide bonds. The molecule has 122 valence electrons. The molecule has 0 spiro atoms. The molecule has 1 saturated carbocycles. The molecule has 1 unspecified atom stereocenters. The third-order valence-corrected chi connectivity index (χ3v) is 3.87. The van der Waals surface area contributed by atoms with Crippen LogP contribution in [0, 0.1) is 0 Å². The summed E-state index contributed by atoms with van der Waals surface area (Å²) in [5.41, 5.74) is 0. The first-order valence-corrected chi connectivity index (χ1v) is 7.99. The molecule has 1 fully saturated rings. The van der Waals surface area contributed by atoms with E-state index in [1.54, 1.807) is 14.2 Å². The van der Waals surface area contributed by atoms with Crippen LogP contribution in [0.2, 0.25) is 0 Å². The molecule has 2 rings (SSSR count). The van der Waals surface area contributed by atoms with Crippen molar-refractivity contribution in [1.29, 1.82) is 0 Å². The zero-order valence-corrected chi connectivity index (χ0v) is 13.8. The van der Waals surface area contributed by atoms with Gasteiger partial charge in [0.2, 0.25) is 0 Å². The van der Waals surface area contributed by atoms with Crippen LogP contribution in [0.3, 0.4) is 0 Å². The van der Waals surface area contributed by atoms with Crippen LogP contribution in [0.5, 0.6) is 11.5 Å². The van der Waals surface area contributed by atoms with Crippen LogP contribution in [0.25, 0.3) is 0 Å². The largest absolute Gasteiger partial charge is 0.497 e. The van der Waals surface area contributed by atoms with Crippen molar-refractivity contribution in [3.8, 4) is 11.5 Å². The van der Waals surface area contributed by atoms with Gasteiger partial charge in [0.15, 0.2) is 5.96 Å². The maximum Gasteiger partial charge on any atom is 0.191 e. The highest BCUT2D eigenvalue weighted by molar-refractivity contribution is 5.80. The molecule has 22 heavy (non-hydrogen) atoms. The Kier molecular flexibility index (Phi) is 6.37. The van der Waals surface area contributed by atoms with Crippen LogP contribution in [-0.4, -0.2) is 38.8 Å². The fourth-order valence-electron chi connectivity index (χ4n) is 2.63. The van der Waals surface area contributed by atoms with Crippen molar-refractivity contribution in [1.82, 2.24) is 10.6 Å². The Morgan fingerprint density at radius 3 is 2.45 bits per heavy atom. The van der Waals surface area contributed by atoms with Crippen molar-refractivity contribution in [3.05, 3.63) is 24.3 Å². The molecule has 1 aliphatic rings. The summed E-state index contributed by atoms with van der Waals surface area (Å²) in [7, 11) is 3.46. The molecule has 1 aromatic rings. The maximum absolute atomic E-state index is 5.88. The Hall–Kier alpha value is -1.91. The van der Waals surface area contributed by atoms with Gasteiger partial charge in [-0.1, -0.05) is 12.8 Å². The van der Waals surface area contributed by atoms with Gasteiger partial charge in [0, 0.05) is 13.1 Å². The standard InChI is InChI=1S/C17H27N3O2/c1-13(22-16-10-8-15(21-3)9-11-16)12-19-17(18-2)20-14-6-4-5-7-14/h8-11,13-14H,4-7,12H2,1-3H3,(H2,18,19,20). The average molecular weight is 305 g/mol. The summed E-state index contributed by atoms with van der Waals surface area (Å²) in [4.78, 5) is 4.28. The second-order valence-corrected chi connectivity index (χ2v) is 5.68. The number of hydrogen-bond acceptors (Lipinski definition) is 3. The van der Waals surface area contributed by atoms with E-state index in [1.807, 2.05) is 31.2 Å². The van der Waals surface area contributed by atoms with E-state index in [4.69, 9.17) is 9.47 Å². The molecule has 0 bridgehead atoms. The molecule has 1 aromatic carbocycles. The Morgan fingerprint density at radius 2 is 1.86 bits per heavy atom. The number of rotatable bonds is 6. The van der Waals surface area contributed by atoms with Gasteiger partial charge in [-0.25, -0.2) is 0 Å². The lowest BCUT2D eigenvalue weighted by Gasteiger charge is -2.20. The Balaban J connectivity index is 1.74. The molecule has 1 aliphatic carbocycles. The summed E-state index contributed by atoms with van der Waals surface area (Å²) in [6, 6.07) is 8.19. The molecule has 1 atom stereocenters. The summed E-state index contributed by atoms with van der Waals surface area (Å²) in [5, 5.41) is 6.79. The van der Waals surface area contributed by atoms with Crippen LogP contribution >= 0.6 is 0 Å². The number of nitrogens with zero attached hydrogens (tertiary/aromatic N) is 1. The average Bonchev–Trinajstić information content (AvgIpc) is 3.05. The van der Waals surface area contributed by atoms with Crippen molar-refractivity contribution in [2.45, 2.75) is 44.8 Å². The van der Waals surface area contributed by atoms with Crippen LogP contribution < -0.4 is 20.1 Å². The summed E-state index contributed by atoms with van der Waals surface area (Å²) >= 11 is 0. The molecule has 0 heterocycles. The van der Waals surface area contributed by atoms with Crippen LogP contribution in [0.4, 0.5) is 0 Å². The van der Waals surface area contributed by atoms with Crippen LogP contribution in [0.1, 0.15) is 32.6 Å². The van der Waals surface area contributed by atoms with Gasteiger partial charge >= 0.3 is 0 Å². The summed E-state index contributed by atoms with van der Waals surface area (Å²) < 4.78 is 11.0. The van der Waals surface area contributed by atoms with E-state index >= 15 is 0 Å². The topological polar surface area (TPSA) is 54.9 Å². The van der Waals surface area contributed by atoms with E-state index in [0.717, 1.165) is 17.5 Å². The van der Waals surface area contributed by atoms with E-state index in [0.29, 0.717) is 12.6 Å². The first-order valence-electron chi connectivity index (χ1n) is 7.99. The highest BCUT2D eigenvalue weighted by atomic mass is 16.5. The summed E-state index contributed by atoms with van der Waals surface area (Å²) in [6.07, 6.45) is 5.14. The molecule has 2 N–H and O–H groups in total. The fraction of sp³-hybridized carbons (Fsp3) is 0.588. The smallest absolute Gasteiger partial charge is 0.191 e. The minimum atomic E-state index is 0.0514. The van der Waals surface area contributed by atoms with Crippen LogP contribution in [-0.2, 0) is 0 Å². The van der Waals surface area contributed by atoms with Crippen LogP contribution in [0.15, 0.2) is 29.3 Å². The molecule has 0 radical (unpaired) electrons. The number of benzene rings is 1. The van der Waals surface area contributed by atoms with E-state index in [1.165, 1.54) is 25.7 Å². The molecule has 0 aliphatic heterocycles. The van der Waals surface area contributed by atoms with Gasteiger partial charge in [0.25, 0.3) is 0 Å². The highest BCUT2D eigenvalue weighted by Gasteiger charge is 2.16. The minimum absolute atomic E-state index is 0.0514. The van der Waals surface area contributed by atoms with E-state index in [-0.39, 0.29) is 6.10 Å². The minimum Gasteiger partial charge on any atom is -0.497 e. The van der Waals surface area contributed by atoms with Gasteiger partial charge in [-0.3, -0.25) is 4.99 Å². The molecular weight excluding hydrogens is 278 g/mol. The lowest BCUT2D eigenvalue weighted by atomic mass is 10.2. The van der Waals surface area contributed by atoms with Crippen molar-refractivity contribution < 1.29 is 9.47 Å². The zero-order chi connectivity index (χ0) is 15.8. The van der Waals surface area contributed by atoms with E-state index in [9.17, 15) is 0 Å². The number of guanidine groups is 1. The number of methoxy groups -OCH3 is 1. The third-order valence-electron chi connectivity index (χ3n) is 3.87. The van der Waals surface area contributed by atoms with Crippen molar-refractivity contribution >= 4 is 5.96 Å². The van der Waals surface area contributed by atoms with E-state index in [2.05, 4.69) is 15.6 Å². The van der Waals surface area contributed by atoms with Gasteiger partial charge in [-0.2, -0.15) is 0 Å². The van der Waals surface area contributed by atoms with Crippen molar-refractivity contribution in [3.63, 3.8) is 0 Å². The van der Waals surface area contributed by atoms with Gasteiger partial charge in [-0.05, 0) is 44.0 Å². The SMILES string of the molecule is CN=C(NCC(C)Oc1ccc(OC)cc1)NC1CCCC1. The van der Waals surface area contributed by atoms with E-state index < -0.39 is 0 Å². The van der Waals surface area contributed by atoms with Crippen molar-refractivity contribution in [2.75, 3.05) is 20.7 Å². The molecule has 5 heteroatoms. The summed E-state index contributed by atoms with van der Waals surface area (Å²) in [6.45, 7) is 2.75. The normalized spacial score (nSPS) is 17.1. The van der Waals surface area contributed by atoms with Gasteiger partial charge in [-0.15, -0.1) is 0 Å². The quantitative estimate of drug-likeness (QED) is 0.626. The highest BCUT2D eigenvalue weighted by Crippen LogP contribution is 2.18. The Morgan fingerprint density at radius 1 is 1.23 bits per heavy atom. The van der Waals surface area contributed by atoms with Crippen molar-refractivity contribution in [2.24, 2.45) is 4.99 Å². The molecule has 5 nitrogen and oxygen atoms in total. The fourth-order valence-corrected chi connectivity index (χ4v) is 2.63. The number of aliphatic imine (C=N–C) groups is 1. The Labute approximate surface area is 133 Å². The number of nitrogens with one attached hydrogen (secondary N) is 2. The predicted molar refractivity (Wildman–Crippen MR) is 89.8 cm³/mol. The second kappa shape index (κ2) is 8.51. The first-order chi connectivity index (χ1) is 10.7. The lowest BCUT2D eigenvalue weighted by Crippen LogP contribution is -2.45. The second-order valence-electron chi connectivity index (χ2n) is 5.68.